The second-order valence-electron chi connectivity index (χ2n) is 13.6. The van der Waals surface area contributed by atoms with Crippen molar-refractivity contribution in [3.63, 3.8) is 0 Å². The lowest BCUT2D eigenvalue weighted by Gasteiger charge is -2.44. The molecule has 0 heterocycles. The molecule has 3 heteroatoms. The monoisotopic (exact) mass is 578 g/mol. The van der Waals surface area contributed by atoms with E-state index in [4.69, 9.17) is 4.43 Å². The first kappa shape index (κ1) is 31.2. The molecule has 0 unspecified atom stereocenters. The summed E-state index contributed by atoms with van der Waals surface area (Å²) < 4.78 is 7.15. The summed E-state index contributed by atoms with van der Waals surface area (Å²) in [5.41, 5.74) is 0. The first-order valence-corrected chi connectivity index (χ1v) is 19.6. The molecule has 0 aliphatic rings. The lowest BCUT2D eigenvalue weighted by molar-refractivity contribution is 0.287. The highest BCUT2D eigenvalue weighted by atomic mass is 28.4. The second-order valence-corrected chi connectivity index (χ2v) is 22.8. The first-order chi connectivity index (χ1) is 19.6. The van der Waals surface area contributed by atoms with E-state index in [0.717, 1.165) is 13.0 Å². The van der Waals surface area contributed by atoms with Crippen molar-refractivity contribution < 1.29 is 4.43 Å². The average Bonchev–Trinajstić information content (AvgIpc) is 2.97. The summed E-state index contributed by atoms with van der Waals surface area (Å²) in [6.07, 6.45) is 4.81. The van der Waals surface area contributed by atoms with Crippen molar-refractivity contribution in [1.82, 2.24) is 0 Å². The third-order valence-electron chi connectivity index (χ3n) is 9.00. The van der Waals surface area contributed by atoms with Gasteiger partial charge in [0.1, 0.15) is 8.07 Å². The molecule has 4 aromatic carbocycles. The van der Waals surface area contributed by atoms with E-state index in [-0.39, 0.29) is 10.1 Å². The molecule has 0 aliphatic carbocycles. The van der Waals surface area contributed by atoms with Gasteiger partial charge < -0.3 is 4.43 Å². The molecule has 0 spiro atoms. The molecule has 41 heavy (non-hydrogen) atoms. The fraction of sp³-hybridized carbons (Fsp3) is 0.368. The van der Waals surface area contributed by atoms with Crippen molar-refractivity contribution in [1.29, 1.82) is 0 Å². The van der Waals surface area contributed by atoms with Crippen molar-refractivity contribution in [2.24, 2.45) is 0 Å². The minimum atomic E-state index is -2.45. The van der Waals surface area contributed by atoms with E-state index in [1.165, 1.54) is 35.7 Å². The van der Waals surface area contributed by atoms with Gasteiger partial charge in [-0.15, -0.1) is 0 Å². The molecule has 0 fully saturated rings. The largest absolute Gasteiger partial charge is 0.407 e. The van der Waals surface area contributed by atoms with Crippen LogP contribution in [0.3, 0.4) is 0 Å². The first-order valence-electron chi connectivity index (χ1n) is 15.5. The lowest BCUT2D eigenvalue weighted by Crippen LogP contribution is -2.66. The topological polar surface area (TPSA) is 9.23 Å². The normalized spacial score (nSPS) is 12.8. The van der Waals surface area contributed by atoms with Crippen LogP contribution in [0.1, 0.15) is 67.2 Å². The van der Waals surface area contributed by atoms with Crippen molar-refractivity contribution in [2.45, 2.75) is 83.3 Å². The van der Waals surface area contributed by atoms with Gasteiger partial charge in [-0.2, -0.15) is 0 Å². The molecule has 4 aromatic rings. The number of hydrogen-bond donors (Lipinski definition) is 0. The Hall–Kier alpha value is -2.73. The Bertz CT molecular complexity index is 1120. The van der Waals surface area contributed by atoms with Crippen molar-refractivity contribution in [3.05, 3.63) is 121 Å². The van der Waals surface area contributed by atoms with Gasteiger partial charge >= 0.3 is 0 Å². The third kappa shape index (κ3) is 6.69. The Morgan fingerprint density at radius 3 is 1.17 bits per heavy atom. The third-order valence-corrected chi connectivity index (χ3v) is 20.3. The summed E-state index contributed by atoms with van der Waals surface area (Å²) in [7, 11) is -4.44. The highest BCUT2D eigenvalue weighted by Gasteiger charge is 2.50. The number of hydrogen-bond acceptors (Lipinski definition) is 1. The highest BCUT2D eigenvalue weighted by Crippen LogP contribution is 2.40. The van der Waals surface area contributed by atoms with Crippen LogP contribution in [0.15, 0.2) is 121 Å². The zero-order valence-corrected chi connectivity index (χ0v) is 28.2. The predicted octanol–water partition coefficient (Wildman–Crippen LogP) is 8.19. The summed E-state index contributed by atoms with van der Waals surface area (Å²) in [5, 5.41) is 6.11. The van der Waals surface area contributed by atoms with E-state index in [9.17, 15) is 0 Å². The maximum atomic E-state index is 7.15. The molecule has 216 valence electrons. The van der Waals surface area contributed by atoms with Gasteiger partial charge in [-0.25, -0.2) is 0 Å². The van der Waals surface area contributed by atoms with Gasteiger partial charge in [0.25, 0.3) is 8.32 Å². The Labute approximate surface area is 252 Å². The number of unbranched alkanes of at least 4 members (excludes halogenated alkanes) is 3. The molecule has 0 saturated carbocycles. The van der Waals surface area contributed by atoms with E-state index in [1.54, 1.807) is 10.4 Å². The van der Waals surface area contributed by atoms with Crippen LogP contribution in [-0.2, 0) is 4.43 Å². The van der Waals surface area contributed by atoms with E-state index in [2.05, 4.69) is 163 Å². The van der Waals surface area contributed by atoms with Crippen LogP contribution in [0.25, 0.3) is 0 Å². The highest BCUT2D eigenvalue weighted by molar-refractivity contribution is 7.04. The molecule has 1 nitrogen and oxygen atoms in total. The summed E-state index contributed by atoms with van der Waals surface area (Å²) >= 11 is 0. The molecular weight excluding hydrogens is 529 g/mol. The Balaban J connectivity index is 1.47. The SMILES string of the molecule is CC(C)(C)[Si](CCCCCCO[Si](c1ccccc1)(c1ccccc1)C(C)(C)C)(c1ccccc1)c1ccccc1. The Morgan fingerprint density at radius 2 is 0.805 bits per heavy atom. The van der Waals surface area contributed by atoms with Crippen LogP contribution in [0, 0.1) is 0 Å². The second kappa shape index (κ2) is 13.5. The number of benzene rings is 4. The quantitative estimate of drug-likeness (QED) is 0.122. The van der Waals surface area contributed by atoms with Gasteiger partial charge in [0.2, 0.25) is 0 Å². The standard InChI is InChI=1S/C38H50OSi2/c1-37(2,3)40(33-23-13-9-14-24-33,34-25-15-10-16-26-34)32-22-8-7-21-31-39-41(38(4,5)6,35-27-17-11-18-28-35)36-29-19-12-20-30-36/h9-20,23-30H,7-8,21-22,31-32H2,1-6H3. The fourth-order valence-electron chi connectivity index (χ4n) is 6.97. The molecule has 0 aliphatic heterocycles. The predicted molar refractivity (Wildman–Crippen MR) is 184 cm³/mol. The van der Waals surface area contributed by atoms with E-state index < -0.39 is 16.4 Å². The molecule has 0 N–H and O–H groups in total. The van der Waals surface area contributed by atoms with Crippen LogP contribution in [0.2, 0.25) is 16.1 Å². The molecule has 0 radical (unpaired) electrons. The minimum absolute atomic E-state index is 0.0268. The molecule has 4 rings (SSSR count). The summed E-state index contributed by atoms with van der Waals surface area (Å²) in [6, 6.07) is 46.1. The molecule has 0 amide bonds. The van der Waals surface area contributed by atoms with E-state index in [1.807, 2.05) is 0 Å². The molecule has 0 bridgehead atoms. The van der Waals surface area contributed by atoms with E-state index >= 15 is 0 Å². The minimum Gasteiger partial charge on any atom is -0.407 e. The Morgan fingerprint density at radius 1 is 0.439 bits per heavy atom. The maximum absolute atomic E-state index is 7.15. The zero-order chi connectivity index (χ0) is 29.4. The van der Waals surface area contributed by atoms with Gasteiger partial charge in [0.05, 0.1) is 0 Å². The lowest BCUT2D eigenvalue weighted by atomic mass is 10.2. The zero-order valence-electron chi connectivity index (χ0n) is 26.2. The van der Waals surface area contributed by atoms with Crippen molar-refractivity contribution >= 4 is 37.1 Å². The molecule has 0 saturated heterocycles. The Kier molecular flexibility index (Phi) is 10.3. The maximum Gasteiger partial charge on any atom is 0.261 e. The van der Waals surface area contributed by atoms with Gasteiger partial charge in [-0.05, 0) is 32.9 Å². The molecular formula is C38H50OSi2. The van der Waals surface area contributed by atoms with Crippen LogP contribution >= 0.6 is 0 Å². The van der Waals surface area contributed by atoms with E-state index in [0.29, 0.717) is 0 Å². The van der Waals surface area contributed by atoms with Crippen molar-refractivity contribution in [3.8, 4) is 0 Å². The summed E-state index contributed by atoms with van der Waals surface area (Å²) in [5.74, 6) is 0. The van der Waals surface area contributed by atoms with Gasteiger partial charge in [0, 0.05) is 6.61 Å². The van der Waals surface area contributed by atoms with Crippen LogP contribution in [0.5, 0.6) is 0 Å². The van der Waals surface area contributed by atoms with Crippen LogP contribution in [-0.4, -0.2) is 23.0 Å². The van der Waals surface area contributed by atoms with Crippen molar-refractivity contribution in [2.75, 3.05) is 6.61 Å². The van der Waals surface area contributed by atoms with Gasteiger partial charge in [-0.1, -0.05) is 193 Å². The van der Waals surface area contributed by atoms with Crippen LogP contribution in [0.4, 0.5) is 0 Å². The molecule has 0 atom stereocenters. The molecule has 0 aromatic heterocycles. The summed E-state index contributed by atoms with van der Waals surface area (Å²) in [4.78, 5) is 0. The number of rotatable bonds is 12. The van der Waals surface area contributed by atoms with Gasteiger partial charge in [0.15, 0.2) is 0 Å². The van der Waals surface area contributed by atoms with Gasteiger partial charge in [-0.3, -0.25) is 0 Å². The average molecular weight is 579 g/mol. The van der Waals surface area contributed by atoms with Crippen LogP contribution < -0.4 is 20.7 Å². The fourth-order valence-corrected chi connectivity index (χ4v) is 17.3. The summed E-state index contributed by atoms with van der Waals surface area (Å²) in [6.45, 7) is 15.3. The smallest absolute Gasteiger partial charge is 0.261 e.